The second kappa shape index (κ2) is 7.06. The van der Waals surface area contributed by atoms with Gasteiger partial charge in [0.15, 0.2) is 11.6 Å². The van der Waals surface area contributed by atoms with Gasteiger partial charge in [-0.1, -0.05) is 6.07 Å². The molecule has 10 heteroatoms. The highest BCUT2D eigenvalue weighted by molar-refractivity contribution is 6.04. The Morgan fingerprint density at radius 1 is 1.21 bits per heavy atom. The summed E-state index contributed by atoms with van der Waals surface area (Å²) in [7, 11) is 0. The quantitative estimate of drug-likeness (QED) is 0.501. The van der Waals surface area contributed by atoms with Crippen molar-refractivity contribution in [3.63, 3.8) is 0 Å². The van der Waals surface area contributed by atoms with Crippen molar-refractivity contribution in [3.8, 4) is 11.5 Å². The number of halogens is 1. The largest absolute Gasteiger partial charge is 0.326 e. The maximum Gasteiger partial charge on any atom is 0.326 e. The van der Waals surface area contributed by atoms with Gasteiger partial charge in [-0.15, -0.1) is 10.2 Å². The van der Waals surface area contributed by atoms with Crippen LogP contribution in [0.4, 0.5) is 20.8 Å². The number of nitrogens with zero attached hydrogens (tertiary/aromatic N) is 5. The molecule has 0 atom stereocenters. The third kappa shape index (κ3) is 3.39. The predicted octanol–water partition coefficient (Wildman–Crippen LogP) is 3.58. The van der Waals surface area contributed by atoms with Gasteiger partial charge in [0, 0.05) is 11.4 Å². The Morgan fingerprint density at radius 3 is 2.89 bits per heavy atom. The molecule has 28 heavy (non-hydrogen) atoms. The predicted molar refractivity (Wildman–Crippen MR) is 102 cm³/mol. The molecule has 9 nitrogen and oxygen atoms in total. The fourth-order valence-electron chi connectivity index (χ4n) is 2.77. The van der Waals surface area contributed by atoms with Crippen molar-refractivity contribution in [1.29, 1.82) is 0 Å². The number of H-pyrrole nitrogens is 1. The first-order chi connectivity index (χ1) is 13.5. The van der Waals surface area contributed by atoms with E-state index in [2.05, 4.69) is 36.0 Å². The molecule has 3 aromatic heterocycles. The average Bonchev–Trinajstić information content (AvgIpc) is 3.29. The van der Waals surface area contributed by atoms with Gasteiger partial charge >= 0.3 is 6.03 Å². The molecule has 0 spiro atoms. The van der Waals surface area contributed by atoms with Crippen LogP contribution in [0.5, 0.6) is 0 Å². The number of rotatable bonds is 4. The number of anilines is 2. The van der Waals surface area contributed by atoms with Gasteiger partial charge in [0.05, 0.1) is 5.52 Å². The lowest BCUT2D eigenvalue weighted by Crippen LogP contribution is -2.20. The summed E-state index contributed by atoms with van der Waals surface area (Å²) < 4.78 is 15.2. The summed E-state index contributed by atoms with van der Waals surface area (Å²) in [5.41, 5.74) is 1.08. The number of carbonyl (C=O) groups excluding carboxylic acids is 1. The summed E-state index contributed by atoms with van der Waals surface area (Å²) in [4.78, 5) is 16.8. The van der Waals surface area contributed by atoms with Gasteiger partial charge in [0.25, 0.3) is 0 Å². The first-order valence-electron chi connectivity index (χ1n) is 8.60. The highest BCUT2D eigenvalue weighted by Gasteiger charge is 2.14. The third-order valence-corrected chi connectivity index (χ3v) is 4.11. The molecule has 0 fully saturated rings. The number of carbonyl (C=O) groups is 1. The first kappa shape index (κ1) is 17.6. The van der Waals surface area contributed by atoms with E-state index in [1.807, 2.05) is 18.4 Å². The summed E-state index contributed by atoms with van der Waals surface area (Å²) in [5, 5.41) is 20.6. The van der Waals surface area contributed by atoms with Gasteiger partial charge < -0.3 is 4.57 Å². The van der Waals surface area contributed by atoms with Crippen LogP contribution >= 0.6 is 0 Å². The Kier molecular flexibility index (Phi) is 4.44. The van der Waals surface area contributed by atoms with E-state index in [1.165, 1.54) is 12.1 Å². The number of nitrogens with one attached hydrogen (secondary N) is 3. The Morgan fingerprint density at radius 2 is 2.07 bits per heavy atom. The summed E-state index contributed by atoms with van der Waals surface area (Å²) in [6, 6.07) is 9.03. The van der Waals surface area contributed by atoms with Crippen LogP contribution in [0.25, 0.3) is 22.4 Å². The highest BCUT2D eigenvalue weighted by atomic mass is 19.1. The molecule has 4 aromatic rings. The Balaban J connectivity index is 1.52. The lowest BCUT2D eigenvalue weighted by molar-refractivity contribution is 0.262. The highest BCUT2D eigenvalue weighted by Crippen LogP contribution is 2.22. The number of aromatic nitrogens is 6. The smallest absolute Gasteiger partial charge is 0.310 e. The van der Waals surface area contributed by atoms with Crippen LogP contribution in [0.2, 0.25) is 0 Å². The molecule has 3 N–H and O–H groups in total. The molecular formula is C18H17FN8O. The number of hydrogen-bond acceptors (Lipinski definition) is 5. The van der Waals surface area contributed by atoms with Gasteiger partial charge in [0.2, 0.25) is 0 Å². The molecule has 0 saturated heterocycles. The second-order valence-corrected chi connectivity index (χ2v) is 6.40. The van der Waals surface area contributed by atoms with E-state index in [4.69, 9.17) is 0 Å². The lowest BCUT2D eigenvalue weighted by atomic mass is 10.2. The lowest BCUT2D eigenvalue weighted by Gasteiger charge is -2.10. The monoisotopic (exact) mass is 380 g/mol. The number of urea groups is 1. The number of aromatic amines is 1. The van der Waals surface area contributed by atoms with E-state index < -0.39 is 6.03 Å². The van der Waals surface area contributed by atoms with Crippen LogP contribution in [0.1, 0.15) is 19.9 Å². The average molecular weight is 380 g/mol. The van der Waals surface area contributed by atoms with Crippen LogP contribution in [0, 0.1) is 5.82 Å². The number of benzene rings is 1. The molecule has 3 heterocycles. The van der Waals surface area contributed by atoms with E-state index in [-0.39, 0.29) is 11.9 Å². The summed E-state index contributed by atoms with van der Waals surface area (Å²) in [6.45, 7) is 4.03. The molecule has 0 saturated carbocycles. The topological polar surface area (TPSA) is 113 Å². The van der Waals surface area contributed by atoms with E-state index in [0.717, 1.165) is 0 Å². The second-order valence-electron chi connectivity index (χ2n) is 6.40. The normalized spacial score (nSPS) is 11.1. The molecule has 0 radical (unpaired) electrons. The maximum absolute atomic E-state index is 13.3. The maximum atomic E-state index is 13.3. The first-order valence-corrected chi connectivity index (χ1v) is 8.60. The van der Waals surface area contributed by atoms with Crippen LogP contribution < -0.4 is 10.6 Å². The Bertz CT molecular complexity index is 1150. The summed E-state index contributed by atoms with van der Waals surface area (Å²) >= 11 is 0. The molecular weight excluding hydrogens is 363 g/mol. The molecule has 0 aliphatic rings. The summed E-state index contributed by atoms with van der Waals surface area (Å²) in [5.74, 6) is 0.865. The molecule has 2 amide bonds. The fourth-order valence-corrected chi connectivity index (χ4v) is 2.77. The standard InChI is InChI=1S/C18H17FN8O/c1-10(2)27-9-20-26-17(27)13-4-3-5-15(21-13)22-18(28)23-16-12-7-6-11(19)8-14(12)24-25-16/h3-10H,1-2H3,(H3,21,22,23,24,25,28). The van der Waals surface area contributed by atoms with Gasteiger partial charge in [-0.05, 0) is 44.2 Å². The Labute approximate surface area is 159 Å². The van der Waals surface area contributed by atoms with E-state index >= 15 is 0 Å². The van der Waals surface area contributed by atoms with Crippen LogP contribution in [-0.4, -0.2) is 36.0 Å². The van der Waals surface area contributed by atoms with Crippen LogP contribution in [0.15, 0.2) is 42.7 Å². The number of fused-ring (bicyclic) bond motifs is 1. The van der Waals surface area contributed by atoms with Gasteiger partial charge in [-0.25, -0.2) is 14.2 Å². The Hall–Kier alpha value is -3.82. The molecule has 0 unspecified atom stereocenters. The van der Waals surface area contributed by atoms with Crippen LogP contribution in [0.3, 0.4) is 0 Å². The zero-order chi connectivity index (χ0) is 19.7. The molecule has 0 aliphatic carbocycles. The minimum Gasteiger partial charge on any atom is -0.310 e. The number of amides is 2. The third-order valence-electron chi connectivity index (χ3n) is 4.11. The van der Waals surface area contributed by atoms with E-state index in [9.17, 15) is 9.18 Å². The van der Waals surface area contributed by atoms with E-state index in [1.54, 1.807) is 30.6 Å². The van der Waals surface area contributed by atoms with Crippen molar-refractivity contribution in [1.82, 2.24) is 29.9 Å². The van der Waals surface area contributed by atoms with Crippen molar-refractivity contribution >= 4 is 28.6 Å². The zero-order valence-corrected chi connectivity index (χ0v) is 15.1. The van der Waals surface area contributed by atoms with Crippen molar-refractivity contribution in [3.05, 3.63) is 48.5 Å². The van der Waals surface area contributed by atoms with Crippen molar-refractivity contribution in [2.24, 2.45) is 0 Å². The molecule has 1 aromatic carbocycles. The van der Waals surface area contributed by atoms with Crippen LogP contribution in [-0.2, 0) is 0 Å². The summed E-state index contributed by atoms with van der Waals surface area (Å²) in [6.07, 6.45) is 1.64. The van der Waals surface area contributed by atoms with Gasteiger partial charge in [-0.3, -0.25) is 15.7 Å². The molecule has 0 bridgehead atoms. The van der Waals surface area contributed by atoms with Crippen molar-refractivity contribution in [2.45, 2.75) is 19.9 Å². The minimum atomic E-state index is -0.521. The van der Waals surface area contributed by atoms with Crippen molar-refractivity contribution in [2.75, 3.05) is 10.6 Å². The minimum absolute atomic E-state index is 0.171. The fraction of sp³-hybridized carbons (Fsp3) is 0.167. The molecule has 0 aliphatic heterocycles. The van der Waals surface area contributed by atoms with Gasteiger partial charge in [0.1, 0.15) is 23.7 Å². The van der Waals surface area contributed by atoms with Crippen molar-refractivity contribution < 1.29 is 9.18 Å². The molecule has 142 valence electrons. The van der Waals surface area contributed by atoms with Gasteiger partial charge in [-0.2, -0.15) is 5.10 Å². The van der Waals surface area contributed by atoms with E-state index in [0.29, 0.717) is 34.1 Å². The number of hydrogen-bond donors (Lipinski definition) is 3. The number of pyridine rings is 1. The molecule has 4 rings (SSSR count). The zero-order valence-electron chi connectivity index (χ0n) is 15.1. The SMILES string of the molecule is CC(C)n1cnnc1-c1cccc(NC(=O)Nc2n[nH]c3cc(F)ccc23)n1.